The topological polar surface area (TPSA) is 78.0 Å². The van der Waals surface area contributed by atoms with Crippen molar-refractivity contribution in [2.75, 3.05) is 0 Å². The summed E-state index contributed by atoms with van der Waals surface area (Å²) < 4.78 is 2.28. The van der Waals surface area contributed by atoms with E-state index in [-0.39, 0.29) is 11.5 Å². The minimum absolute atomic E-state index is 0.0753. The monoisotopic (exact) mass is 307 g/mol. The van der Waals surface area contributed by atoms with Crippen LogP contribution in [0.5, 0.6) is 0 Å². The van der Waals surface area contributed by atoms with Gasteiger partial charge in [0.2, 0.25) is 0 Å². The van der Waals surface area contributed by atoms with E-state index in [1.807, 2.05) is 0 Å². The molecule has 0 aliphatic rings. The lowest BCUT2D eigenvalue weighted by atomic mass is 10.1. The molecule has 1 heterocycles. The van der Waals surface area contributed by atoms with E-state index in [1.54, 1.807) is 24.4 Å². The molecule has 2 rings (SSSR count). The van der Waals surface area contributed by atoms with Gasteiger partial charge in [-0.25, -0.2) is 4.68 Å². The zero-order chi connectivity index (χ0) is 13.3. The Bertz CT molecular complexity index is 634. The van der Waals surface area contributed by atoms with E-state index in [0.29, 0.717) is 11.3 Å². The number of carbonyl (C=O) groups is 2. The summed E-state index contributed by atoms with van der Waals surface area (Å²) in [6.45, 7) is 1.48. The summed E-state index contributed by atoms with van der Waals surface area (Å²) in [7, 11) is 0. The Morgan fingerprint density at radius 3 is 2.61 bits per heavy atom. The van der Waals surface area contributed by atoms with Crippen LogP contribution < -0.4 is 5.73 Å². The van der Waals surface area contributed by atoms with Gasteiger partial charge in [0.15, 0.2) is 5.78 Å². The summed E-state index contributed by atoms with van der Waals surface area (Å²) in [5, 5.41) is 4.03. The molecule has 0 spiro atoms. The van der Waals surface area contributed by atoms with Crippen LogP contribution >= 0.6 is 15.9 Å². The molecule has 18 heavy (non-hydrogen) atoms. The Morgan fingerprint density at radius 1 is 1.33 bits per heavy atom. The molecule has 0 aliphatic heterocycles. The van der Waals surface area contributed by atoms with Gasteiger partial charge >= 0.3 is 0 Å². The Kier molecular flexibility index (Phi) is 3.29. The van der Waals surface area contributed by atoms with Gasteiger partial charge in [0.1, 0.15) is 5.69 Å². The first kappa shape index (κ1) is 12.5. The minimum atomic E-state index is -0.604. The van der Waals surface area contributed by atoms with Crippen LogP contribution in [0.25, 0.3) is 5.69 Å². The van der Waals surface area contributed by atoms with Crippen molar-refractivity contribution in [3.05, 3.63) is 46.2 Å². The second-order valence-electron chi connectivity index (χ2n) is 3.73. The number of carbonyl (C=O) groups excluding carboxylic acids is 2. The molecule has 0 atom stereocenters. The molecular formula is C12H10BrN3O2. The van der Waals surface area contributed by atoms with Crippen molar-refractivity contribution in [3.63, 3.8) is 0 Å². The highest BCUT2D eigenvalue weighted by molar-refractivity contribution is 9.10. The van der Waals surface area contributed by atoms with Crippen LogP contribution in [0.4, 0.5) is 0 Å². The maximum absolute atomic E-state index is 11.5. The number of nitrogens with zero attached hydrogens (tertiary/aromatic N) is 2. The van der Waals surface area contributed by atoms with E-state index in [4.69, 9.17) is 5.73 Å². The number of amides is 1. The Labute approximate surface area is 112 Å². The number of ketones is 1. The molecule has 2 N–H and O–H groups in total. The van der Waals surface area contributed by atoms with Crippen molar-refractivity contribution >= 4 is 27.6 Å². The third-order valence-electron chi connectivity index (χ3n) is 2.43. The molecular weight excluding hydrogens is 298 g/mol. The number of primary amides is 1. The molecule has 0 saturated carbocycles. The van der Waals surface area contributed by atoms with Crippen LogP contribution in [0.2, 0.25) is 0 Å². The summed E-state index contributed by atoms with van der Waals surface area (Å²) in [4.78, 5) is 22.5. The summed E-state index contributed by atoms with van der Waals surface area (Å²) in [6, 6.07) is 6.74. The highest BCUT2D eigenvalue weighted by atomic mass is 79.9. The smallest absolute Gasteiger partial charge is 0.269 e. The highest BCUT2D eigenvalue weighted by Crippen LogP contribution is 2.20. The highest BCUT2D eigenvalue weighted by Gasteiger charge is 2.12. The second-order valence-corrected chi connectivity index (χ2v) is 4.64. The summed E-state index contributed by atoms with van der Waals surface area (Å²) >= 11 is 3.33. The normalized spacial score (nSPS) is 10.3. The molecule has 1 aromatic heterocycles. The molecule has 6 heteroatoms. The number of hydrogen-bond acceptors (Lipinski definition) is 3. The van der Waals surface area contributed by atoms with E-state index in [1.165, 1.54) is 17.7 Å². The van der Waals surface area contributed by atoms with Crippen molar-refractivity contribution < 1.29 is 9.59 Å². The predicted molar refractivity (Wildman–Crippen MR) is 69.8 cm³/mol. The number of hydrogen-bond donors (Lipinski definition) is 1. The van der Waals surface area contributed by atoms with Crippen LogP contribution in [0.15, 0.2) is 34.9 Å². The van der Waals surface area contributed by atoms with Crippen molar-refractivity contribution in [1.82, 2.24) is 9.78 Å². The van der Waals surface area contributed by atoms with Gasteiger partial charge in [-0.3, -0.25) is 9.59 Å². The first-order valence-corrected chi connectivity index (χ1v) is 5.94. The van der Waals surface area contributed by atoms with Gasteiger partial charge in [0.25, 0.3) is 5.91 Å². The third-order valence-corrected chi connectivity index (χ3v) is 2.92. The Balaban J connectivity index is 2.57. The average Bonchev–Trinajstić information content (AvgIpc) is 2.77. The molecule has 2 aromatic rings. The van der Waals surface area contributed by atoms with Crippen molar-refractivity contribution in [3.8, 4) is 5.69 Å². The summed E-state index contributed by atoms with van der Waals surface area (Å²) in [5.74, 6) is -0.679. The van der Waals surface area contributed by atoms with E-state index in [0.717, 1.165) is 4.47 Å². The van der Waals surface area contributed by atoms with Crippen LogP contribution in [-0.4, -0.2) is 21.5 Å². The number of nitrogens with two attached hydrogens (primary N) is 1. The second kappa shape index (κ2) is 4.73. The zero-order valence-corrected chi connectivity index (χ0v) is 11.1. The fourth-order valence-corrected chi connectivity index (χ4v) is 1.93. The van der Waals surface area contributed by atoms with Gasteiger partial charge in [0, 0.05) is 16.2 Å². The number of benzene rings is 1. The van der Waals surface area contributed by atoms with Gasteiger partial charge in [-0.05, 0) is 31.2 Å². The summed E-state index contributed by atoms with van der Waals surface area (Å²) in [5.41, 5.74) is 6.43. The van der Waals surface area contributed by atoms with Crippen molar-refractivity contribution in [1.29, 1.82) is 0 Å². The molecule has 1 aromatic carbocycles. The van der Waals surface area contributed by atoms with Gasteiger partial charge in [-0.15, -0.1) is 0 Å². The van der Waals surface area contributed by atoms with E-state index < -0.39 is 5.91 Å². The molecule has 0 fully saturated rings. The van der Waals surface area contributed by atoms with Gasteiger partial charge in [-0.2, -0.15) is 5.10 Å². The predicted octanol–water partition coefficient (Wildman–Crippen LogP) is 1.94. The van der Waals surface area contributed by atoms with Crippen LogP contribution in [0, 0.1) is 0 Å². The third kappa shape index (κ3) is 2.33. The van der Waals surface area contributed by atoms with Gasteiger partial charge in [-0.1, -0.05) is 15.9 Å². The zero-order valence-electron chi connectivity index (χ0n) is 9.55. The van der Waals surface area contributed by atoms with E-state index in [2.05, 4.69) is 21.0 Å². The molecule has 1 amide bonds. The molecule has 5 nitrogen and oxygen atoms in total. The summed E-state index contributed by atoms with van der Waals surface area (Å²) in [6.07, 6.45) is 1.59. The minimum Gasteiger partial charge on any atom is -0.364 e. The SMILES string of the molecule is CC(=O)c1ccc(Br)cc1-n1ccc(C(N)=O)n1. The quantitative estimate of drug-likeness (QED) is 0.880. The molecule has 0 aliphatic carbocycles. The van der Waals surface area contributed by atoms with Crippen molar-refractivity contribution in [2.45, 2.75) is 6.92 Å². The lowest BCUT2D eigenvalue weighted by molar-refractivity contribution is 0.0993. The molecule has 0 radical (unpaired) electrons. The van der Waals surface area contributed by atoms with Gasteiger partial charge < -0.3 is 5.73 Å². The van der Waals surface area contributed by atoms with Crippen molar-refractivity contribution in [2.24, 2.45) is 5.73 Å². The standard InChI is InChI=1S/C12H10BrN3O2/c1-7(17)9-3-2-8(13)6-11(9)16-5-4-10(15-16)12(14)18/h2-6H,1H3,(H2,14,18). The lowest BCUT2D eigenvalue weighted by Gasteiger charge is -2.07. The average molecular weight is 308 g/mol. The lowest BCUT2D eigenvalue weighted by Crippen LogP contribution is -2.12. The van der Waals surface area contributed by atoms with Crippen LogP contribution in [-0.2, 0) is 0 Å². The Morgan fingerprint density at radius 2 is 2.06 bits per heavy atom. The first-order valence-electron chi connectivity index (χ1n) is 5.15. The molecule has 92 valence electrons. The van der Waals surface area contributed by atoms with Crippen LogP contribution in [0.1, 0.15) is 27.8 Å². The number of halogens is 1. The van der Waals surface area contributed by atoms with E-state index >= 15 is 0 Å². The molecule has 0 bridgehead atoms. The van der Waals surface area contributed by atoms with E-state index in [9.17, 15) is 9.59 Å². The fraction of sp³-hybridized carbons (Fsp3) is 0.0833. The Hall–Kier alpha value is -1.95. The first-order chi connectivity index (χ1) is 8.49. The molecule has 0 saturated heterocycles. The van der Waals surface area contributed by atoms with Crippen LogP contribution in [0.3, 0.4) is 0 Å². The molecule has 0 unspecified atom stereocenters. The largest absolute Gasteiger partial charge is 0.364 e. The number of rotatable bonds is 3. The number of aromatic nitrogens is 2. The fourth-order valence-electron chi connectivity index (χ4n) is 1.58. The number of Topliss-reactive ketones (excluding diaryl/α,β-unsaturated/α-hetero) is 1. The maximum Gasteiger partial charge on any atom is 0.269 e. The maximum atomic E-state index is 11.5. The van der Waals surface area contributed by atoms with Gasteiger partial charge in [0.05, 0.1) is 5.69 Å².